The second-order valence-electron chi connectivity index (χ2n) is 2.52. The predicted octanol–water partition coefficient (Wildman–Crippen LogP) is -2.35. The SMILES string of the molecule is NC(=O)C(S)NCCNC(S)C(N)=O. The van der Waals surface area contributed by atoms with E-state index < -0.39 is 22.6 Å². The molecule has 0 aliphatic heterocycles. The van der Waals surface area contributed by atoms with Crippen molar-refractivity contribution >= 4 is 37.1 Å². The summed E-state index contributed by atoms with van der Waals surface area (Å²) in [6.07, 6.45) is 0. The summed E-state index contributed by atoms with van der Waals surface area (Å²) in [7, 11) is 0. The Labute approximate surface area is 93.0 Å². The van der Waals surface area contributed by atoms with Crippen molar-refractivity contribution in [2.24, 2.45) is 11.5 Å². The van der Waals surface area contributed by atoms with Crippen LogP contribution in [0.5, 0.6) is 0 Å². The van der Waals surface area contributed by atoms with Crippen LogP contribution in [0.15, 0.2) is 0 Å². The molecule has 0 aromatic carbocycles. The zero-order valence-corrected chi connectivity index (χ0v) is 9.22. The maximum absolute atomic E-state index is 10.5. The lowest BCUT2D eigenvalue weighted by atomic mass is 10.5. The lowest BCUT2D eigenvalue weighted by molar-refractivity contribution is -0.119. The van der Waals surface area contributed by atoms with Crippen molar-refractivity contribution in [1.29, 1.82) is 0 Å². The number of hydrogen-bond acceptors (Lipinski definition) is 6. The van der Waals surface area contributed by atoms with E-state index in [1.165, 1.54) is 0 Å². The Morgan fingerprint density at radius 3 is 1.50 bits per heavy atom. The Kier molecular flexibility index (Phi) is 6.71. The molecule has 0 aliphatic rings. The van der Waals surface area contributed by atoms with Gasteiger partial charge in [0.05, 0.1) is 0 Å². The average molecular weight is 238 g/mol. The second-order valence-corrected chi connectivity index (χ2v) is 3.55. The third-order valence-corrected chi connectivity index (χ3v) is 2.21. The number of rotatable bonds is 7. The van der Waals surface area contributed by atoms with E-state index in [2.05, 4.69) is 35.9 Å². The Bertz CT molecular complexity index is 192. The highest BCUT2D eigenvalue weighted by Gasteiger charge is 2.09. The first-order chi connectivity index (χ1) is 6.45. The molecule has 2 atom stereocenters. The molecule has 6 nitrogen and oxygen atoms in total. The van der Waals surface area contributed by atoms with Crippen LogP contribution in [0.4, 0.5) is 0 Å². The van der Waals surface area contributed by atoms with Gasteiger partial charge in [0, 0.05) is 13.1 Å². The van der Waals surface area contributed by atoms with E-state index in [4.69, 9.17) is 11.5 Å². The number of hydrogen-bond donors (Lipinski definition) is 6. The van der Waals surface area contributed by atoms with Crippen LogP contribution in [0.1, 0.15) is 0 Å². The fourth-order valence-corrected chi connectivity index (χ4v) is 0.877. The molecule has 0 fully saturated rings. The summed E-state index contributed by atoms with van der Waals surface area (Å²) < 4.78 is 0. The summed E-state index contributed by atoms with van der Waals surface area (Å²) in [4.78, 5) is 21.0. The number of thiol groups is 2. The molecule has 0 aromatic rings. The van der Waals surface area contributed by atoms with E-state index in [9.17, 15) is 9.59 Å². The van der Waals surface area contributed by atoms with Crippen LogP contribution in [-0.4, -0.2) is 35.7 Å². The van der Waals surface area contributed by atoms with E-state index in [0.717, 1.165) is 0 Å². The Morgan fingerprint density at radius 2 is 1.29 bits per heavy atom. The zero-order valence-electron chi connectivity index (χ0n) is 7.43. The number of nitrogens with two attached hydrogens (primary N) is 2. The first kappa shape index (κ1) is 13.6. The fraction of sp³-hybridized carbons (Fsp3) is 0.667. The molecule has 6 N–H and O–H groups in total. The highest BCUT2D eigenvalue weighted by atomic mass is 32.1. The van der Waals surface area contributed by atoms with E-state index in [1.807, 2.05) is 0 Å². The van der Waals surface area contributed by atoms with Crippen molar-refractivity contribution in [3.05, 3.63) is 0 Å². The van der Waals surface area contributed by atoms with Gasteiger partial charge in [-0.05, 0) is 0 Å². The smallest absolute Gasteiger partial charge is 0.244 e. The standard InChI is InChI=1S/C6H14N4O2S2/c7-3(11)5(13)9-1-2-10-6(14)4(8)12/h5-6,9-10,13-14H,1-2H2,(H2,7,11)(H2,8,12). The molecule has 2 unspecified atom stereocenters. The van der Waals surface area contributed by atoms with Gasteiger partial charge >= 0.3 is 0 Å². The summed E-state index contributed by atoms with van der Waals surface area (Å²) in [6.45, 7) is 0.864. The molecule has 0 radical (unpaired) electrons. The molecule has 0 saturated carbocycles. The molecule has 0 aliphatic carbocycles. The van der Waals surface area contributed by atoms with Gasteiger partial charge in [-0.15, -0.1) is 0 Å². The maximum Gasteiger partial charge on any atom is 0.244 e. The van der Waals surface area contributed by atoms with E-state index >= 15 is 0 Å². The van der Waals surface area contributed by atoms with Crippen molar-refractivity contribution < 1.29 is 9.59 Å². The molecule has 0 rings (SSSR count). The highest BCUT2D eigenvalue weighted by molar-refractivity contribution is 7.82. The first-order valence-electron chi connectivity index (χ1n) is 3.86. The van der Waals surface area contributed by atoms with Crippen LogP contribution in [-0.2, 0) is 9.59 Å². The van der Waals surface area contributed by atoms with Gasteiger partial charge in [0.15, 0.2) is 0 Å². The predicted molar refractivity (Wildman–Crippen MR) is 59.9 cm³/mol. The number of carbonyl (C=O) groups excluding carboxylic acids is 2. The Balaban J connectivity index is 3.47. The van der Waals surface area contributed by atoms with Crippen molar-refractivity contribution in [3.8, 4) is 0 Å². The van der Waals surface area contributed by atoms with Crippen molar-refractivity contribution in [3.63, 3.8) is 0 Å². The average Bonchev–Trinajstić information content (AvgIpc) is 2.11. The van der Waals surface area contributed by atoms with Crippen LogP contribution >= 0.6 is 25.3 Å². The molecule has 82 valence electrons. The van der Waals surface area contributed by atoms with Gasteiger partial charge in [-0.1, -0.05) is 0 Å². The molecular formula is C6H14N4O2S2. The van der Waals surface area contributed by atoms with E-state index in [-0.39, 0.29) is 0 Å². The quantitative estimate of drug-likeness (QED) is 0.169. The minimum atomic E-state index is -0.691. The van der Waals surface area contributed by atoms with Gasteiger partial charge in [-0.3, -0.25) is 20.2 Å². The summed E-state index contributed by atoms with van der Waals surface area (Å²) >= 11 is 7.73. The lowest BCUT2D eigenvalue weighted by Crippen LogP contribution is -2.43. The number of amides is 2. The number of primary amides is 2. The molecular weight excluding hydrogens is 224 g/mol. The maximum atomic E-state index is 10.5. The van der Waals surface area contributed by atoms with Gasteiger partial charge < -0.3 is 11.5 Å². The zero-order chi connectivity index (χ0) is 11.1. The minimum Gasteiger partial charge on any atom is -0.368 e. The van der Waals surface area contributed by atoms with Gasteiger partial charge in [0.1, 0.15) is 10.7 Å². The normalized spacial score (nSPS) is 14.7. The Morgan fingerprint density at radius 1 is 1.00 bits per heavy atom. The monoisotopic (exact) mass is 238 g/mol. The van der Waals surface area contributed by atoms with Gasteiger partial charge in [-0.25, -0.2) is 0 Å². The van der Waals surface area contributed by atoms with Crippen LogP contribution in [0.2, 0.25) is 0 Å². The second kappa shape index (κ2) is 6.93. The summed E-state index contributed by atoms with van der Waals surface area (Å²) in [5, 5.41) is 4.05. The van der Waals surface area contributed by atoms with E-state index in [1.54, 1.807) is 0 Å². The van der Waals surface area contributed by atoms with Gasteiger partial charge in [-0.2, -0.15) is 25.3 Å². The third kappa shape index (κ3) is 6.08. The van der Waals surface area contributed by atoms with Crippen molar-refractivity contribution in [1.82, 2.24) is 10.6 Å². The van der Waals surface area contributed by atoms with Crippen molar-refractivity contribution in [2.75, 3.05) is 13.1 Å². The molecule has 8 heteroatoms. The third-order valence-electron chi connectivity index (χ3n) is 1.34. The molecule has 14 heavy (non-hydrogen) atoms. The molecule has 2 amide bonds. The summed E-state index contributed by atoms with van der Waals surface area (Å²) in [5.74, 6) is -1.10. The molecule has 0 spiro atoms. The first-order valence-corrected chi connectivity index (χ1v) is 4.90. The summed E-state index contributed by atoms with van der Waals surface area (Å²) in [6, 6.07) is 0. The molecule has 0 saturated heterocycles. The highest BCUT2D eigenvalue weighted by Crippen LogP contribution is 1.88. The number of nitrogens with one attached hydrogen (secondary N) is 2. The summed E-state index contributed by atoms with van der Waals surface area (Å²) in [5.41, 5.74) is 9.88. The number of carbonyl (C=O) groups is 2. The topological polar surface area (TPSA) is 110 Å². The minimum absolute atomic E-state index is 0.432. The van der Waals surface area contributed by atoms with Crippen LogP contribution in [0, 0.1) is 0 Å². The lowest BCUT2D eigenvalue weighted by Gasteiger charge is -2.11. The van der Waals surface area contributed by atoms with Gasteiger partial charge in [0.25, 0.3) is 0 Å². The van der Waals surface area contributed by atoms with Crippen molar-refractivity contribution in [2.45, 2.75) is 10.7 Å². The van der Waals surface area contributed by atoms with Crippen LogP contribution < -0.4 is 22.1 Å². The van der Waals surface area contributed by atoms with Gasteiger partial charge in [0.2, 0.25) is 11.8 Å². The Hall–Kier alpha value is -0.440. The molecule has 0 bridgehead atoms. The largest absolute Gasteiger partial charge is 0.368 e. The fourth-order valence-electron chi connectivity index (χ4n) is 0.619. The van der Waals surface area contributed by atoms with Crippen LogP contribution in [0.3, 0.4) is 0 Å². The molecule has 0 heterocycles. The van der Waals surface area contributed by atoms with E-state index in [0.29, 0.717) is 13.1 Å². The molecule has 0 aromatic heterocycles. The van der Waals surface area contributed by atoms with Crippen LogP contribution in [0.25, 0.3) is 0 Å².